The molecule has 2 rings (SSSR count). The molecule has 0 aromatic carbocycles. The molecule has 1 aliphatic heterocycles. The average molecular weight is 334 g/mol. The first-order chi connectivity index (χ1) is 8.74. The summed E-state index contributed by atoms with van der Waals surface area (Å²) in [6.07, 6.45) is 4.16. The molecule has 0 amide bonds. The van der Waals surface area contributed by atoms with Gasteiger partial charge in [0.15, 0.2) is 0 Å². The number of ether oxygens (including phenoxy) is 1. The Morgan fingerprint density at radius 3 is 2.83 bits per heavy atom. The van der Waals surface area contributed by atoms with Crippen molar-refractivity contribution < 1.29 is 4.74 Å². The minimum absolute atomic E-state index is 0.500. The monoisotopic (exact) mass is 332 g/mol. The van der Waals surface area contributed by atoms with Gasteiger partial charge in [-0.3, -0.25) is 0 Å². The van der Waals surface area contributed by atoms with Crippen molar-refractivity contribution in [1.82, 2.24) is 4.98 Å². The lowest BCUT2D eigenvalue weighted by atomic mass is 9.97. The lowest BCUT2D eigenvalue weighted by Gasteiger charge is -2.33. The van der Waals surface area contributed by atoms with Gasteiger partial charge in [-0.15, -0.1) is 11.6 Å². The number of rotatable bonds is 4. The molecule has 1 fully saturated rings. The van der Waals surface area contributed by atoms with Crippen molar-refractivity contribution in [2.75, 3.05) is 31.7 Å². The Morgan fingerprint density at radius 2 is 2.22 bits per heavy atom. The maximum absolute atomic E-state index is 5.99. The van der Waals surface area contributed by atoms with Crippen molar-refractivity contribution in [1.29, 1.82) is 0 Å². The van der Waals surface area contributed by atoms with Crippen LogP contribution in [0.4, 0.5) is 5.82 Å². The summed E-state index contributed by atoms with van der Waals surface area (Å²) in [7, 11) is 1.77. The molecule has 100 valence electrons. The summed E-state index contributed by atoms with van der Waals surface area (Å²) in [4.78, 5) is 6.84. The van der Waals surface area contributed by atoms with E-state index in [-0.39, 0.29) is 0 Å². The maximum Gasteiger partial charge on any atom is 0.133 e. The number of hydrogen-bond donors (Lipinski definition) is 0. The molecule has 0 N–H and O–H groups in total. The third kappa shape index (κ3) is 3.37. The van der Waals surface area contributed by atoms with E-state index in [0.29, 0.717) is 11.8 Å². The minimum atomic E-state index is 0.500. The molecule has 1 aromatic heterocycles. The molecule has 2 heterocycles. The van der Waals surface area contributed by atoms with Gasteiger partial charge in [-0.1, -0.05) is 0 Å². The lowest BCUT2D eigenvalue weighted by Crippen LogP contribution is -2.36. The van der Waals surface area contributed by atoms with Gasteiger partial charge >= 0.3 is 0 Å². The standard InChI is InChI=1S/C13H18BrClN2O/c1-18-9-10-2-4-17(5-3-10)13-11(7-15)6-12(14)8-16-13/h6,8,10H,2-5,7,9H2,1H3. The fourth-order valence-corrected chi connectivity index (χ4v) is 2.98. The van der Waals surface area contributed by atoms with E-state index in [4.69, 9.17) is 16.3 Å². The molecule has 1 saturated heterocycles. The Bertz CT molecular complexity index is 395. The molecule has 0 unspecified atom stereocenters. The van der Waals surface area contributed by atoms with Gasteiger partial charge in [-0.2, -0.15) is 0 Å². The Labute approximate surface area is 122 Å². The molecule has 5 heteroatoms. The van der Waals surface area contributed by atoms with Crippen LogP contribution in [0.3, 0.4) is 0 Å². The quantitative estimate of drug-likeness (QED) is 0.789. The molecule has 1 aliphatic rings. The first kappa shape index (κ1) is 14.1. The van der Waals surface area contributed by atoms with Crippen LogP contribution in [-0.2, 0) is 10.6 Å². The van der Waals surface area contributed by atoms with Crippen LogP contribution in [-0.4, -0.2) is 31.8 Å². The molecule has 1 aromatic rings. The zero-order valence-electron chi connectivity index (χ0n) is 10.5. The van der Waals surface area contributed by atoms with Gasteiger partial charge in [-0.25, -0.2) is 4.98 Å². The predicted octanol–water partition coefficient (Wildman–Crippen LogP) is 3.45. The van der Waals surface area contributed by atoms with E-state index in [1.807, 2.05) is 6.20 Å². The molecular formula is C13H18BrClN2O. The van der Waals surface area contributed by atoms with Crippen LogP contribution >= 0.6 is 27.5 Å². The van der Waals surface area contributed by atoms with E-state index < -0.39 is 0 Å². The van der Waals surface area contributed by atoms with E-state index in [9.17, 15) is 0 Å². The third-order valence-corrected chi connectivity index (χ3v) is 4.09. The molecule has 0 bridgehead atoms. The largest absolute Gasteiger partial charge is 0.384 e. The van der Waals surface area contributed by atoms with Crippen LogP contribution < -0.4 is 4.90 Å². The SMILES string of the molecule is COCC1CCN(c2ncc(Br)cc2CCl)CC1. The Morgan fingerprint density at radius 1 is 1.50 bits per heavy atom. The first-order valence-corrected chi connectivity index (χ1v) is 7.51. The van der Waals surface area contributed by atoms with E-state index in [1.54, 1.807) is 7.11 Å². The second-order valence-electron chi connectivity index (χ2n) is 4.66. The first-order valence-electron chi connectivity index (χ1n) is 6.19. The van der Waals surface area contributed by atoms with Gasteiger partial charge in [0.25, 0.3) is 0 Å². The Balaban J connectivity index is 2.05. The van der Waals surface area contributed by atoms with Gasteiger partial charge < -0.3 is 9.64 Å². The van der Waals surface area contributed by atoms with Crippen molar-refractivity contribution in [2.45, 2.75) is 18.7 Å². The third-order valence-electron chi connectivity index (χ3n) is 3.37. The van der Waals surface area contributed by atoms with Crippen molar-refractivity contribution in [3.05, 3.63) is 22.3 Å². The van der Waals surface area contributed by atoms with Gasteiger partial charge in [0, 0.05) is 43.0 Å². The van der Waals surface area contributed by atoms with Crippen LogP contribution in [0.2, 0.25) is 0 Å². The number of anilines is 1. The second kappa shape index (κ2) is 6.73. The van der Waals surface area contributed by atoms with Gasteiger partial charge in [0.2, 0.25) is 0 Å². The van der Waals surface area contributed by atoms with Crippen molar-refractivity contribution in [3.8, 4) is 0 Å². The van der Waals surface area contributed by atoms with Crippen LogP contribution in [0.5, 0.6) is 0 Å². The second-order valence-corrected chi connectivity index (χ2v) is 5.84. The summed E-state index contributed by atoms with van der Waals surface area (Å²) in [5, 5.41) is 0. The average Bonchev–Trinajstić information content (AvgIpc) is 2.40. The molecule has 0 saturated carbocycles. The molecule has 0 aliphatic carbocycles. The summed E-state index contributed by atoms with van der Waals surface area (Å²) in [6.45, 7) is 2.93. The molecule has 18 heavy (non-hydrogen) atoms. The fraction of sp³-hybridized carbons (Fsp3) is 0.615. The number of methoxy groups -OCH3 is 1. The van der Waals surface area contributed by atoms with Gasteiger partial charge in [-0.05, 0) is 40.8 Å². The summed E-state index contributed by atoms with van der Waals surface area (Å²) < 4.78 is 6.20. The highest BCUT2D eigenvalue weighted by Gasteiger charge is 2.21. The number of hydrogen-bond acceptors (Lipinski definition) is 3. The van der Waals surface area contributed by atoms with Gasteiger partial charge in [0.1, 0.15) is 5.82 Å². The molecule has 0 radical (unpaired) electrons. The summed E-state index contributed by atoms with van der Waals surface area (Å²) >= 11 is 9.43. The van der Waals surface area contributed by atoms with E-state index in [1.165, 1.54) is 0 Å². The van der Waals surface area contributed by atoms with Crippen LogP contribution in [0.15, 0.2) is 16.7 Å². The molecular weight excluding hydrogens is 316 g/mol. The number of aromatic nitrogens is 1. The Hall–Kier alpha value is -0.320. The molecule has 3 nitrogen and oxygen atoms in total. The Kier molecular flexibility index (Phi) is 5.27. The van der Waals surface area contributed by atoms with Crippen LogP contribution in [0, 0.1) is 5.92 Å². The summed E-state index contributed by atoms with van der Waals surface area (Å²) in [5.41, 5.74) is 1.09. The van der Waals surface area contributed by atoms with Crippen molar-refractivity contribution in [3.63, 3.8) is 0 Å². The highest BCUT2D eigenvalue weighted by atomic mass is 79.9. The van der Waals surface area contributed by atoms with E-state index >= 15 is 0 Å². The normalized spacial score (nSPS) is 17.2. The fourth-order valence-electron chi connectivity index (χ4n) is 2.40. The molecule has 0 spiro atoms. The lowest BCUT2D eigenvalue weighted by molar-refractivity contribution is 0.139. The van der Waals surface area contributed by atoms with Crippen molar-refractivity contribution >= 4 is 33.3 Å². The predicted molar refractivity (Wildman–Crippen MR) is 78.3 cm³/mol. The zero-order valence-corrected chi connectivity index (χ0v) is 12.9. The van der Waals surface area contributed by atoms with Gasteiger partial charge in [0.05, 0.1) is 5.88 Å². The van der Waals surface area contributed by atoms with Crippen LogP contribution in [0.25, 0.3) is 0 Å². The summed E-state index contributed by atoms with van der Waals surface area (Å²) in [6, 6.07) is 2.05. The number of pyridine rings is 1. The maximum atomic E-state index is 5.99. The van der Waals surface area contributed by atoms with Crippen LogP contribution in [0.1, 0.15) is 18.4 Å². The van der Waals surface area contributed by atoms with E-state index in [0.717, 1.165) is 48.4 Å². The minimum Gasteiger partial charge on any atom is -0.384 e. The highest BCUT2D eigenvalue weighted by molar-refractivity contribution is 9.10. The van der Waals surface area contributed by atoms with E-state index in [2.05, 4.69) is 31.9 Å². The number of nitrogens with zero attached hydrogens (tertiary/aromatic N) is 2. The highest BCUT2D eigenvalue weighted by Crippen LogP contribution is 2.27. The number of alkyl halides is 1. The van der Waals surface area contributed by atoms with Crippen molar-refractivity contribution in [2.24, 2.45) is 5.92 Å². The molecule has 0 atom stereocenters. The number of halogens is 2. The zero-order chi connectivity index (χ0) is 13.0. The smallest absolute Gasteiger partial charge is 0.133 e. The topological polar surface area (TPSA) is 25.4 Å². The number of piperidine rings is 1. The summed E-state index contributed by atoms with van der Waals surface area (Å²) in [5.74, 6) is 2.21.